The Bertz CT molecular complexity index is 1030. The standard InChI is InChI=1S/C25H22ClNO4/c1-18(24(25(28)31-17-27)20-10-12-21(26)13-11-20)15-29-22-8-5-9-23(14-22)30-16-19-6-3-2-4-7-19/h2-14,18,24H,15-16H2,1H3. The first-order chi connectivity index (χ1) is 15.1. The van der Waals surface area contributed by atoms with Crippen LogP contribution >= 0.6 is 11.6 Å². The Balaban J connectivity index is 1.64. The molecule has 2 atom stereocenters. The van der Waals surface area contributed by atoms with Gasteiger partial charge in [0, 0.05) is 17.0 Å². The fraction of sp³-hybridized carbons (Fsp3) is 0.200. The number of benzene rings is 3. The largest absolute Gasteiger partial charge is 0.493 e. The van der Waals surface area contributed by atoms with E-state index < -0.39 is 11.9 Å². The number of hydrogen-bond donors (Lipinski definition) is 0. The average Bonchev–Trinajstić information content (AvgIpc) is 2.79. The summed E-state index contributed by atoms with van der Waals surface area (Å²) in [4.78, 5) is 12.4. The summed E-state index contributed by atoms with van der Waals surface area (Å²) in [7, 11) is 0. The highest BCUT2D eigenvalue weighted by Gasteiger charge is 2.29. The summed E-state index contributed by atoms with van der Waals surface area (Å²) in [5, 5.41) is 9.33. The van der Waals surface area contributed by atoms with Gasteiger partial charge in [-0.2, -0.15) is 0 Å². The number of halogens is 1. The maximum Gasteiger partial charge on any atom is 0.329 e. The molecule has 2 unspecified atom stereocenters. The number of nitriles is 1. The van der Waals surface area contributed by atoms with Crippen LogP contribution in [-0.4, -0.2) is 12.6 Å². The van der Waals surface area contributed by atoms with E-state index in [1.165, 1.54) is 6.26 Å². The van der Waals surface area contributed by atoms with E-state index in [1.54, 1.807) is 30.3 Å². The van der Waals surface area contributed by atoms with Crippen LogP contribution in [0.2, 0.25) is 5.02 Å². The van der Waals surface area contributed by atoms with Crippen molar-refractivity contribution < 1.29 is 19.0 Å². The lowest BCUT2D eigenvalue weighted by molar-refractivity contribution is -0.140. The minimum absolute atomic E-state index is 0.246. The molecule has 0 aliphatic heterocycles. The summed E-state index contributed by atoms with van der Waals surface area (Å²) >= 11 is 5.95. The smallest absolute Gasteiger partial charge is 0.329 e. The molecule has 5 nitrogen and oxygen atoms in total. The minimum Gasteiger partial charge on any atom is -0.493 e. The Morgan fingerprint density at radius 1 is 0.968 bits per heavy atom. The van der Waals surface area contributed by atoms with Crippen molar-refractivity contribution in [1.29, 1.82) is 5.26 Å². The summed E-state index contributed by atoms with van der Waals surface area (Å²) in [6, 6.07) is 24.1. The Hall–Kier alpha value is -3.49. The number of rotatable bonds is 9. The molecule has 0 heterocycles. The Morgan fingerprint density at radius 3 is 2.32 bits per heavy atom. The SMILES string of the molecule is CC(COc1cccc(OCc2ccccc2)c1)C(C(=O)OC#N)c1ccc(Cl)cc1. The number of ether oxygens (including phenoxy) is 3. The van der Waals surface area contributed by atoms with Gasteiger partial charge >= 0.3 is 5.97 Å². The second kappa shape index (κ2) is 11.1. The van der Waals surface area contributed by atoms with E-state index in [0.29, 0.717) is 28.7 Å². The second-order valence-corrected chi connectivity index (χ2v) is 7.52. The Morgan fingerprint density at radius 2 is 1.65 bits per heavy atom. The first-order valence-corrected chi connectivity index (χ1v) is 10.2. The van der Waals surface area contributed by atoms with E-state index in [2.05, 4.69) is 4.74 Å². The predicted octanol–water partition coefficient (Wildman–Crippen LogP) is 5.74. The van der Waals surface area contributed by atoms with Crippen LogP contribution in [0.15, 0.2) is 78.9 Å². The van der Waals surface area contributed by atoms with Crippen LogP contribution in [0.25, 0.3) is 0 Å². The molecule has 0 amide bonds. The second-order valence-electron chi connectivity index (χ2n) is 7.08. The highest BCUT2D eigenvalue weighted by atomic mass is 35.5. The number of esters is 1. The third kappa shape index (κ3) is 6.50. The van der Waals surface area contributed by atoms with E-state index >= 15 is 0 Å². The van der Waals surface area contributed by atoms with Crippen molar-refractivity contribution in [3.63, 3.8) is 0 Å². The van der Waals surface area contributed by atoms with Crippen LogP contribution in [0, 0.1) is 17.4 Å². The summed E-state index contributed by atoms with van der Waals surface area (Å²) in [6.07, 6.45) is 1.46. The molecule has 0 fully saturated rings. The predicted molar refractivity (Wildman–Crippen MR) is 118 cm³/mol. The fourth-order valence-electron chi connectivity index (χ4n) is 3.19. The first kappa shape index (κ1) is 22.2. The van der Waals surface area contributed by atoms with Crippen molar-refractivity contribution in [1.82, 2.24) is 0 Å². The lowest BCUT2D eigenvalue weighted by Crippen LogP contribution is -2.25. The maximum atomic E-state index is 12.4. The van der Waals surface area contributed by atoms with Gasteiger partial charge in [-0.25, -0.2) is 0 Å². The van der Waals surface area contributed by atoms with Crippen LogP contribution in [0.4, 0.5) is 0 Å². The zero-order chi connectivity index (χ0) is 22.1. The van der Waals surface area contributed by atoms with Gasteiger partial charge in [-0.3, -0.25) is 4.79 Å². The lowest BCUT2D eigenvalue weighted by atomic mass is 9.87. The molecule has 31 heavy (non-hydrogen) atoms. The molecule has 0 spiro atoms. The highest BCUT2D eigenvalue weighted by Crippen LogP contribution is 2.29. The van der Waals surface area contributed by atoms with Gasteiger partial charge in [-0.15, -0.1) is 5.26 Å². The molecular weight excluding hydrogens is 414 g/mol. The van der Waals surface area contributed by atoms with Crippen molar-refractivity contribution in [2.45, 2.75) is 19.4 Å². The molecule has 0 N–H and O–H groups in total. The number of carbonyl (C=O) groups excluding carboxylic acids is 1. The zero-order valence-electron chi connectivity index (χ0n) is 17.0. The summed E-state index contributed by atoms with van der Waals surface area (Å²) < 4.78 is 16.4. The van der Waals surface area contributed by atoms with Crippen LogP contribution in [0.5, 0.6) is 11.5 Å². The molecule has 0 saturated carbocycles. The fourth-order valence-corrected chi connectivity index (χ4v) is 3.32. The zero-order valence-corrected chi connectivity index (χ0v) is 17.8. The number of hydrogen-bond acceptors (Lipinski definition) is 5. The number of carbonyl (C=O) groups is 1. The Labute approximate surface area is 186 Å². The summed E-state index contributed by atoms with van der Waals surface area (Å²) in [5.41, 5.74) is 1.78. The highest BCUT2D eigenvalue weighted by molar-refractivity contribution is 6.30. The van der Waals surface area contributed by atoms with E-state index in [4.69, 9.17) is 26.3 Å². The molecule has 0 radical (unpaired) electrons. The van der Waals surface area contributed by atoms with Gasteiger partial charge in [0.2, 0.25) is 0 Å². The molecule has 3 aromatic carbocycles. The monoisotopic (exact) mass is 435 g/mol. The Kier molecular flexibility index (Phi) is 7.91. The third-order valence-electron chi connectivity index (χ3n) is 4.77. The topological polar surface area (TPSA) is 68.6 Å². The molecule has 6 heteroatoms. The van der Waals surface area contributed by atoms with E-state index in [0.717, 1.165) is 5.56 Å². The molecule has 0 aliphatic rings. The molecule has 0 aliphatic carbocycles. The van der Waals surface area contributed by atoms with Gasteiger partial charge < -0.3 is 14.2 Å². The van der Waals surface area contributed by atoms with E-state index in [-0.39, 0.29) is 12.5 Å². The van der Waals surface area contributed by atoms with Gasteiger partial charge in [0.15, 0.2) is 0 Å². The van der Waals surface area contributed by atoms with Crippen molar-refractivity contribution >= 4 is 17.6 Å². The molecular formula is C25H22ClNO4. The molecule has 0 saturated heterocycles. The lowest BCUT2D eigenvalue weighted by Gasteiger charge is -2.22. The normalized spacial score (nSPS) is 12.3. The van der Waals surface area contributed by atoms with Gasteiger partial charge in [0.1, 0.15) is 18.1 Å². The van der Waals surface area contributed by atoms with Crippen LogP contribution in [0.1, 0.15) is 24.0 Å². The molecule has 3 aromatic rings. The molecule has 0 aromatic heterocycles. The van der Waals surface area contributed by atoms with E-state index in [1.807, 2.05) is 55.5 Å². The van der Waals surface area contributed by atoms with Crippen molar-refractivity contribution in [2.24, 2.45) is 5.92 Å². The van der Waals surface area contributed by atoms with Crippen LogP contribution in [-0.2, 0) is 16.1 Å². The van der Waals surface area contributed by atoms with Crippen molar-refractivity contribution in [3.8, 4) is 17.8 Å². The van der Waals surface area contributed by atoms with Gasteiger partial charge in [-0.05, 0) is 35.4 Å². The van der Waals surface area contributed by atoms with Gasteiger partial charge in [0.25, 0.3) is 6.26 Å². The average molecular weight is 436 g/mol. The summed E-state index contributed by atoms with van der Waals surface area (Å²) in [6.45, 7) is 2.57. The van der Waals surface area contributed by atoms with Gasteiger partial charge in [0.05, 0.1) is 12.5 Å². The quantitative estimate of drug-likeness (QED) is 0.316. The maximum absolute atomic E-state index is 12.4. The summed E-state index contributed by atoms with van der Waals surface area (Å²) in [5.74, 6) is -0.223. The van der Waals surface area contributed by atoms with Crippen molar-refractivity contribution in [2.75, 3.05) is 6.61 Å². The van der Waals surface area contributed by atoms with Crippen molar-refractivity contribution in [3.05, 3.63) is 95.0 Å². The first-order valence-electron chi connectivity index (χ1n) is 9.81. The number of nitrogens with zero attached hydrogens (tertiary/aromatic N) is 1. The molecule has 158 valence electrons. The third-order valence-corrected chi connectivity index (χ3v) is 5.02. The van der Waals surface area contributed by atoms with Crippen LogP contribution in [0.3, 0.4) is 0 Å². The van der Waals surface area contributed by atoms with Crippen LogP contribution < -0.4 is 9.47 Å². The van der Waals surface area contributed by atoms with Gasteiger partial charge in [-0.1, -0.05) is 67.1 Å². The van der Waals surface area contributed by atoms with E-state index in [9.17, 15) is 4.79 Å². The molecule has 0 bridgehead atoms. The minimum atomic E-state index is -0.658. The molecule has 3 rings (SSSR count).